The van der Waals surface area contributed by atoms with Crippen LogP contribution in [0.4, 0.5) is 4.39 Å². The van der Waals surface area contributed by atoms with Gasteiger partial charge in [0, 0.05) is 32.9 Å². The Labute approximate surface area is 150 Å². The molecule has 0 atom stereocenters. The molecule has 1 fully saturated rings. The van der Waals surface area contributed by atoms with Crippen LogP contribution in [0, 0.1) is 12.7 Å². The van der Waals surface area contributed by atoms with Crippen molar-refractivity contribution in [2.75, 3.05) is 32.9 Å². The third kappa shape index (κ3) is 7.40. The Morgan fingerprint density at radius 1 is 1.32 bits per heavy atom. The molecule has 0 bridgehead atoms. The lowest BCUT2D eigenvalue weighted by Gasteiger charge is -2.22. The topological polar surface area (TPSA) is 54.9 Å². The number of aryl methyl sites for hydroxylation is 1. The number of guanidine groups is 1. The van der Waals surface area contributed by atoms with Crippen molar-refractivity contribution in [2.24, 2.45) is 4.99 Å². The van der Waals surface area contributed by atoms with Crippen molar-refractivity contribution in [3.05, 3.63) is 35.1 Å². The standard InChI is InChI=1S/C19H30FN3O2/c1-3-21-19(23-14-16-5-6-18(20)15(2)13-16)22-9-4-10-25-17-7-11-24-12-8-17/h5-6,13,17H,3-4,7-12,14H2,1-2H3,(H2,21,22,23). The van der Waals surface area contributed by atoms with E-state index in [0.29, 0.717) is 18.2 Å². The van der Waals surface area contributed by atoms with Gasteiger partial charge in [-0.05, 0) is 50.3 Å². The molecule has 0 amide bonds. The summed E-state index contributed by atoms with van der Waals surface area (Å²) in [5.41, 5.74) is 1.65. The zero-order valence-corrected chi connectivity index (χ0v) is 15.3. The maximum Gasteiger partial charge on any atom is 0.191 e. The van der Waals surface area contributed by atoms with Crippen LogP contribution in [0.3, 0.4) is 0 Å². The maximum absolute atomic E-state index is 13.3. The molecule has 1 saturated heterocycles. The summed E-state index contributed by atoms with van der Waals surface area (Å²) >= 11 is 0. The third-order valence-electron chi connectivity index (χ3n) is 4.12. The summed E-state index contributed by atoms with van der Waals surface area (Å²) in [6, 6.07) is 5.11. The van der Waals surface area contributed by atoms with Crippen molar-refractivity contribution in [3.8, 4) is 0 Å². The lowest BCUT2D eigenvalue weighted by Crippen LogP contribution is -2.38. The minimum absolute atomic E-state index is 0.178. The highest BCUT2D eigenvalue weighted by Gasteiger charge is 2.13. The van der Waals surface area contributed by atoms with Crippen molar-refractivity contribution >= 4 is 5.96 Å². The first-order valence-corrected chi connectivity index (χ1v) is 9.15. The zero-order valence-electron chi connectivity index (χ0n) is 15.3. The second kappa shape index (κ2) is 11.1. The van der Waals surface area contributed by atoms with Gasteiger partial charge in [0.05, 0.1) is 12.6 Å². The smallest absolute Gasteiger partial charge is 0.191 e. The van der Waals surface area contributed by atoms with Crippen molar-refractivity contribution in [2.45, 2.75) is 45.8 Å². The fourth-order valence-electron chi connectivity index (χ4n) is 2.69. The molecule has 2 rings (SSSR count). The van der Waals surface area contributed by atoms with E-state index in [0.717, 1.165) is 63.7 Å². The van der Waals surface area contributed by atoms with Crippen molar-refractivity contribution < 1.29 is 13.9 Å². The van der Waals surface area contributed by atoms with Crippen LogP contribution in [0.5, 0.6) is 0 Å². The molecule has 0 radical (unpaired) electrons. The molecule has 1 aliphatic heterocycles. The first-order valence-electron chi connectivity index (χ1n) is 9.15. The van der Waals surface area contributed by atoms with Gasteiger partial charge in [0.2, 0.25) is 0 Å². The third-order valence-corrected chi connectivity index (χ3v) is 4.12. The molecule has 0 spiro atoms. The molecule has 0 aliphatic carbocycles. The van der Waals surface area contributed by atoms with E-state index in [1.165, 1.54) is 6.07 Å². The predicted molar refractivity (Wildman–Crippen MR) is 98.4 cm³/mol. The molecule has 25 heavy (non-hydrogen) atoms. The Hall–Kier alpha value is -1.66. The Kier molecular flexibility index (Phi) is 8.69. The lowest BCUT2D eigenvalue weighted by atomic mass is 10.1. The quantitative estimate of drug-likeness (QED) is 0.430. The van der Waals surface area contributed by atoms with Crippen LogP contribution in [-0.4, -0.2) is 45.0 Å². The normalized spacial score (nSPS) is 16.0. The number of nitrogens with one attached hydrogen (secondary N) is 2. The van der Waals surface area contributed by atoms with Gasteiger partial charge in [0.1, 0.15) is 5.82 Å². The number of rotatable bonds is 8. The van der Waals surface area contributed by atoms with E-state index >= 15 is 0 Å². The Morgan fingerprint density at radius 2 is 2.12 bits per heavy atom. The lowest BCUT2D eigenvalue weighted by molar-refractivity contribution is -0.0320. The Morgan fingerprint density at radius 3 is 2.84 bits per heavy atom. The van der Waals surface area contributed by atoms with Gasteiger partial charge in [-0.3, -0.25) is 0 Å². The summed E-state index contributed by atoms with van der Waals surface area (Å²) in [6.45, 7) is 8.29. The first-order chi connectivity index (χ1) is 12.2. The number of hydrogen-bond donors (Lipinski definition) is 2. The van der Waals surface area contributed by atoms with Crippen LogP contribution in [0.15, 0.2) is 23.2 Å². The van der Waals surface area contributed by atoms with E-state index in [-0.39, 0.29) is 5.82 Å². The molecular weight excluding hydrogens is 321 g/mol. The number of nitrogens with zero attached hydrogens (tertiary/aromatic N) is 1. The molecule has 1 aliphatic rings. The highest BCUT2D eigenvalue weighted by molar-refractivity contribution is 5.79. The fraction of sp³-hybridized carbons (Fsp3) is 0.632. The highest BCUT2D eigenvalue weighted by atomic mass is 19.1. The molecule has 140 valence electrons. The SMILES string of the molecule is CCNC(=NCc1ccc(F)c(C)c1)NCCCOC1CCOCC1. The molecule has 0 aromatic heterocycles. The summed E-state index contributed by atoms with van der Waals surface area (Å²) in [7, 11) is 0. The summed E-state index contributed by atoms with van der Waals surface area (Å²) in [5.74, 6) is 0.595. The number of ether oxygens (including phenoxy) is 2. The van der Waals surface area contributed by atoms with Crippen LogP contribution >= 0.6 is 0 Å². The van der Waals surface area contributed by atoms with Gasteiger partial charge in [-0.1, -0.05) is 12.1 Å². The second-order valence-corrected chi connectivity index (χ2v) is 6.24. The van der Waals surface area contributed by atoms with E-state index in [9.17, 15) is 4.39 Å². The van der Waals surface area contributed by atoms with Crippen molar-refractivity contribution in [1.29, 1.82) is 0 Å². The van der Waals surface area contributed by atoms with Gasteiger partial charge in [-0.2, -0.15) is 0 Å². The van der Waals surface area contributed by atoms with Crippen molar-refractivity contribution in [1.82, 2.24) is 10.6 Å². The minimum Gasteiger partial charge on any atom is -0.381 e. The first kappa shape index (κ1) is 19.7. The van der Waals surface area contributed by atoms with Gasteiger partial charge in [0.15, 0.2) is 5.96 Å². The van der Waals surface area contributed by atoms with E-state index in [1.807, 2.05) is 13.0 Å². The predicted octanol–water partition coefficient (Wildman–Crippen LogP) is 2.77. The fourth-order valence-corrected chi connectivity index (χ4v) is 2.69. The van der Waals surface area contributed by atoms with Crippen LogP contribution in [0.25, 0.3) is 0 Å². The molecule has 0 saturated carbocycles. The highest BCUT2D eigenvalue weighted by Crippen LogP contribution is 2.11. The van der Waals surface area contributed by atoms with Crippen LogP contribution < -0.4 is 10.6 Å². The van der Waals surface area contributed by atoms with Gasteiger partial charge in [0.25, 0.3) is 0 Å². The van der Waals surface area contributed by atoms with E-state index < -0.39 is 0 Å². The molecule has 6 heteroatoms. The molecule has 1 heterocycles. The minimum atomic E-state index is -0.178. The van der Waals surface area contributed by atoms with Gasteiger partial charge in [-0.15, -0.1) is 0 Å². The van der Waals surface area contributed by atoms with E-state index in [4.69, 9.17) is 9.47 Å². The average Bonchev–Trinajstić information content (AvgIpc) is 2.63. The van der Waals surface area contributed by atoms with E-state index in [1.54, 1.807) is 13.0 Å². The summed E-state index contributed by atoms with van der Waals surface area (Å²) in [5, 5.41) is 6.54. The van der Waals surface area contributed by atoms with Gasteiger partial charge < -0.3 is 20.1 Å². The number of benzene rings is 1. The van der Waals surface area contributed by atoms with Crippen LogP contribution in [-0.2, 0) is 16.0 Å². The van der Waals surface area contributed by atoms with Crippen molar-refractivity contribution in [3.63, 3.8) is 0 Å². The molecule has 1 aromatic carbocycles. The van der Waals surface area contributed by atoms with E-state index in [2.05, 4.69) is 15.6 Å². The molecule has 1 aromatic rings. The summed E-state index contributed by atoms with van der Waals surface area (Å²) in [4.78, 5) is 4.56. The summed E-state index contributed by atoms with van der Waals surface area (Å²) in [6.07, 6.45) is 3.26. The Balaban J connectivity index is 1.70. The maximum atomic E-state index is 13.3. The monoisotopic (exact) mass is 351 g/mol. The molecule has 5 nitrogen and oxygen atoms in total. The number of aliphatic imine (C=N–C) groups is 1. The number of halogens is 1. The van der Waals surface area contributed by atoms with Crippen LogP contribution in [0.1, 0.15) is 37.3 Å². The molecule has 0 unspecified atom stereocenters. The van der Waals surface area contributed by atoms with Gasteiger partial charge >= 0.3 is 0 Å². The second-order valence-electron chi connectivity index (χ2n) is 6.24. The Bertz CT molecular complexity index is 545. The molecule has 2 N–H and O–H groups in total. The van der Waals surface area contributed by atoms with Crippen LogP contribution in [0.2, 0.25) is 0 Å². The average molecular weight is 351 g/mol. The molecular formula is C19H30FN3O2. The largest absolute Gasteiger partial charge is 0.381 e. The van der Waals surface area contributed by atoms with Gasteiger partial charge in [-0.25, -0.2) is 9.38 Å². The summed E-state index contributed by atoms with van der Waals surface area (Å²) < 4.78 is 24.5. The zero-order chi connectivity index (χ0) is 17.9. The number of hydrogen-bond acceptors (Lipinski definition) is 3.